The number of alkyl halides is 1. The fourth-order valence-corrected chi connectivity index (χ4v) is 15.1. The molecule has 13 heteroatoms. The van der Waals surface area contributed by atoms with Crippen LogP contribution in [0.5, 0.6) is 46.0 Å². The SMILES string of the molecule is CCCl.Cc1c2c3cc4c1O[Si](C)(C)Oc1c(cc5c(c1C)O[Si](C)(C)Oc1c(cc6c(c1C)O[Si](C)(C)Oc1c(cc(c(c1C)O[Si](C)(C)O2)C3)C6)C5)C4. The molecule has 0 fully saturated rings. The highest BCUT2D eigenvalue weighted by Crippen LogP contribution is 2.51. The summed E-state index contributed by atoms with van der Waals surface area (Å²) >= 11 is 5.00. The van der Waals surface area contributed by atoms with E-state index in [0.29, 0.717) is 25.7 Å². The third-order valence-electron chi connectivity index (χ3n) is 10.8. The van der Waals surface area contributed by atoms with Crippen molar-refractivity contribution in [1.82, 2.24) is 0 Å². The summed E-state index contributed by atoms with van der Waals surface area (Å²) in [5.74, 6) is 7.64. The Kier molecular flexibility index (Phi) is 9.05. The summed E-state index contributed by atoms with van der Waals surface area (Å²) in [7, 11) is -11.1. The van der Waals surface area contributed by atoms with Gasteiger partial charge < -0.3 is 35.4 Å². The van der Waals surface area contributed by atoms with Crippen molar-refractivity contribution in [1.29, 1.82) is 0 Å². The molecule has 1 aliphatic carbocycles. The second-order valence-electron chi connectivity index (χ2n) is 17.3. The smallest absolute Gasteiger partial charge is 0.454 e. The second kappa shape index (κ2) is 13.0. The molecule has 0 atom stereocenters. The molecule has 5 aliphatic rings. The van der Waals surface area contributed by atoms with Crippen molar-refractivity contribution in [2.75, 3.05) is 5.88 Å². The van der Waals surface area contributed by atoms with Crippen molar-refractivity contribution in [3.8, 4) is 46.0 Å². The van der Waals surface area contributed by atoms with Crippen LogP contribution in [0.1, 0.15) is 73.7 Å². The highest BCUT2D eigenvalue weighted by Gasteiger charge is 2.43. The van der Waals surface area contributed by atoms with Crippen LogP contribution in [0.2, 0.25) is 52.4 Å². The Morgan fingerprint density at radius 1 is 0.364 bits per heavy atom. The molecule has 0 spiro atoms. The fourth-order valence-electron chi connectivity index (χ4n) is 8.76. The standard InChI is InChI=1S/C40H48O8Si4.C2H5Cl/c1-21-33-25-13-26-18-28-15-30-20-32-16-31-19-29-14-27(17-25)35(43-49(5,6)41-33)22(2)37(29)45-51(9,10)47-39(31)24(4)40(32)48-52(11,12)46-38(30)23(3)36(28)44-50(7,8)42-34(21)26;1-2-3/h13-16H,17-20H2,1-12H3;2H2,1H3. The van der Waals surface area contributed by atoms with Crippen molar-refractivity contribution in [3.05, 3.63) is 91.0 Å². The Morgan fingerprint density at radius 2 is 0.491 bits per heavy atom. The van der Waals surface area contributed by atoms with Gasteiger partial charge in [0.05, 0.1) is 0 Å². The fraction of sp³-hybridized carbons (Fsp3) is 0.429. The summed E-state index contributed by atoms with van der Waals surface area (Å²) < 4.78 is 55.8. The maximum Gasteiger partial charge on any atom is 0.454 e. The highest BCUT2D eigenvalue weighted by molar-refractivity contribution is 6.67. The van der Waals surface area contributed by atoms with Gasteiger partial charge in [-0.05, 0) is 96.5 Å². The number of hydrogen-bond acceptors (Lipinski definition) is 8. The Balaban J connectivity index is 0.00000138. The Hall–Kier alpha value is -3.56. The highest BCUT2D eigenvalue weighted by atomic mass is 35.5. The van der Waals surface area contributed by atoms with Crippen molar-refractivity contribution in [2.45, 2.75) is 113 Å². The maximum absolute atomic E-state index is 6.98. The van der Waals surface area contributed by atoms with E-state index in [1.165, 1.54) is 0 Å². The van der Waals surface area contributed by atoms with Crippen LogP contribution in [0.15, 0.2) is 24.3 Å². The lowest BCUT2D eigenvalue weighted by molar-refractivity contribution is 0.363. The molecule has 0 N–H and O–H groups in total. The lowest BCUT2D eigenvalue weighted by Crippen LogP contribution is -2.46. The molecule has 55 heavy (non-hydrogen) atoms. The van der Waals surface area contributed by atoms with Gasteiger partial charge in [0.15, 0.2) is 0 Å². The van der Waals surface area contributed by atoms with E-state index in [1.807, 2.05) is 6.92 Å². The van der Waals surface area contributed by atoms with Crippen LogP contribution in [-0.4, -0.2) is 40.1 Å². The van der Waals surface area contributed by atoms with E-state index in [0.717, 1.165) is 119 Å². The van der Waals surface area contributed by atoms with Gasteiger partial charge in [-0.3, -0.25) is 0 Å². The lowest BCUT2D eigenvalue weighted by atomic mass is 9.88. The predicted molar refractivity (Wildman–Crippen MR) is 227 cm³/mol. The molecule has 0 saturated carbocycles. The van der Waals surface area contributed by atoms with Gasteiger partial charge in [-0.1, -0.05) is 6.92 Å². The second-order valence-corrected chi connectivity index (χ2v) is 30.7. The van der Waals surface area contributed by atoms with Gasteiger partial charge in [0.1, 0.15) is 46.0 Å². The first-order chi connectivity index (χ1) is 25.7. The van der Waals surface area contributed by atoms with Crippen LogP contribution in [-0.2, 0) is 25.7 Å². The maximum atomic E-state index is 6.98. The van der Waals surface area contributed by atoms with E-state index < -0.39 is 34.2 Å². The molecule has 0 radical (unpaired) electrons. The first-order valence-electron chi connectivity index (χ1n) is 19.4. The summed E-state index contributed by atoms with van der Waals surface area (Å²) in [5, 5.41) is 0. The first kappa shape index (κ1) is 38.3. The van der Waals surface area contributed by atoms with Crippen molar-refractivity contribution < 1.29 is 35.4 Å². The molecule has 8 bridgehead atoms. The largest absolute Gasteiger partial charge is 0.511 e. The molecule has 0 aromatic heterocycles. The average molecular weight is 834 g/mol. The van der Waals surface area contributed by atoms with Crippen molar-refractivity contribution in [3.63, 3.8) is 0 Å². The first-order valence-corrected chi connectivity index (χ1v) is 31.2. The average Bonchev–Trinajstić information content (AvgIpc) is 3.05. The zero-order valence-electron chi connectivity index (χ0n) is 34.5. The van der Waals surface area contributed by atoms with Gasteiger partial charge in [-0.15, -0.1) is 11.6 Å². The zero-order chi connectivity index (χ0) is 39.6. The van der Waals surface area contributed by atoms with Crippen LogP contribution in [0.3, 0.4) is 0 Å². The molecule has 4 aliphatic heterocycles. The minimum Gasteiger partial charge on any atom is -0.511 e. The zero-order valence-corrected chi connectivity index (χ0v) is 39.2. The Morgan fingerprint density at radius 3 is 0.618 bits per heavy atom. The van der Waals surface area contributed by atoms with Gasteiger partial charge in [-0.25, -0.2) is 0 Å². The molecule has 0 saturated heterocycles. The van der Waals surface area contributed by atoms with E-state index in [1.54, 1.807) is 0 Å². The quantitative estimate of drug-likeness (QED) is 0.113. The Labute approximate surface area is 335 Å². The molecule has 0 amide bonds. The van der Waals surface area contributed by atoms with E-state index in [9.17, 15) is 0 Å². The summed E-state index contributed by atoms with van der Waals surface area (Å²) in [6, 6.07) is 9.29. The topological polar surface area (TPSA) is 73.8 Å². The summed E-state index contributed by atoms with van der Waals surface area (Å²) in [6.07, 6.45) is 2.61. The number of halogens is 1. The van der Waals surface area contributed by atoms with E-state index in [-0.39, 0.29) is 0 Å². The molecule has 4 aromatic carbocycles. The van der Waals surface area contributed by atoms with Gasteiger partial charge >= 0.3 is 34.2 Å². The Bertz CT molecular complexity index is 1850. The summed E-state index contributed by atoms with van der Waals surface area (Å²) in [5.41, 5.74) is 13.1. The summed E-state index contributed by atoms with van der Waals surface area (Å²) in [4.78, 5) is 0. The lowest BCUT2D eigenvalue weighted by Gasteiger charge is -2.38. The van der Waals surface area contributed by atoms with Crippen molar-refractivity contribution >= 4 is 45.8 Å². The minimum atomic E-state index is -2.77. The monoisotopic (exact) mass is 832 g/mol. The van der Waals surface area contributed by atoms with Crippen LogP contribution in [0.25, 0.3) is 0 Å². The molecule has 9 rings (SSSR count). The molecule has 4 aromatic rings. The van der Waals surface area contributed by atoms with Crippen LogP contribution >= 0.6 is 11.6 Å². The van der Waals surface area contributed by atoms with Gasteiger partial charge in [0.25, 0.3) is 0 Å². The van der Waals surface area contributed by atoms with E-state index in [2.05, 4.69) is 104 Å². The summed E-state index contributed by atoms with van der Waals surface area (Å²) in [6.45, 7) is 27.3. The minimum absolute atomic E-state index is 0.652. The van der Waals surface area contributed by atoms with E-state index >= 15 is 0 Å². The van der Waals surface area contributed by atoms with Crippen LogP contribution < -0.4 is 35.4 Å². The van der Waals surface area contributed by atoms with Crippen LogP contribution in [0.4, 0.5) is 0 Å². The van der Waals surface area contributed by atoms with Gasteiger partial charge in [0, 0.05) is 106 Å². The third-order valence-corrected chi connectivity index (χ3v) is 16.3. The number of benzene rings is 4. The van der Waals surface area contributed by atoms with E-state index in [4.69, 9.17) is 47.0 Å². The number of rotatable bonds is 0. The van der Waals surface area contributed by atoms with Gasteiger partial charge in [0.2, 0.25) is 0 Å². The molecule has 0 unspecified atom stereocenters. The molecule has 4 heterocycles. The van der Waals surface area contributed by atoms with Crippen LogP contribution in [0, 0.1) is 27.7 Å². The molecule has 292 valence electrons. The molecular weight excluding hydrogens is 780 g/mol. The molecular formula is C42H53ClO8Si4. The molecule has 8 nitrogen and oxygen atoms in total. The van der Waals surface area contributed by atoms with Crippen molar-refractivity contribution in [2.24, 2.45) is 0 Å². The normalized spacial score (nSPS) is 19.2. The van der Waals surface area contributed by atoms with Gasteiger partial charge in [-0.2, -0.15) is 0 Å². The number of hydrogen-bond donors (Lipinski definition) is 0. The third kappa shape index (κ3) is 6.75. The predicted octanol–water partition coefficient (Wildman–Crippen LogP) is 10.7.